The molecule has 0 fully saturated rings. The number of carbonyl (C=O) groups excluding carboxylic acids is 2. The zero-order valence-corrected chi connectivity index (χ0v) is 14.0. The second-order valence-electron chi connectivity index (χ2n) is 5.44. The third-order valence-corrected chi connectivity index (χ3v) is 4.27. The number of hydrogen-bond donors (Lipinski definition) is 1. The number of nitrogens with zero attached hydrogens (tertiary/aromatic N) is 2. The van der Waals surface area contributed by atoms with Gasteiger partial charge >= 0.3 is 0 Å². The first-order valence-corrected chi connectivity index (χ1v) is 8.21. The lowest BCUT2D eigenvalue weighted by Crippen LogP contribution is -2.29. The molecule has 1 amide bonds. The Balaban J connectivity index is 1.84. The number of carbonyl (C=O) groups is 2. The van der Waals surface area contributed by atoms with Gasteiger partial charge in [0.15, 0.2) is 0 Å². The number of benzene rings is 1. The molecule has 0 spiro atoms. The number of nitrogens with one attached hydrogen (secondary N) is 1. The van der Waals surface area contributed by atoms with E-state index in [9.17, 15) is 18.4 Å². The summed E-state index contributed by atoms with van der Waals surface area (Å²) in [6.45, 7) is 1.37. The Morgan fingerprint density at radius 3 is 2.52 bits per heavy atom. The summed E-state index contributed by atoms with van der Waals surface area (Å²) in [6.07, 6.45) is 0.0399. The van der Waals surface area contributed by atoms with Gasteiger partial charge in [0.05, 0.1) is 18.7 Å². The largest absolute Gasteiger partial charge is 0.349 e. The molecule has 0 radical (unpaired) electrons. The number of thiazole rings is 1. The lowest BCUT2D eigenvalue weighted by atomic mass is 10.1. The van der Waals surface area contributed by atoms with Crippen LogP contribution in [0.25, 0.3) is 21.6 Å². The van der Waals surface area contributed by atoms with Crippen molar-refractivity contribution in [1.82, 2.24) is 15.3 Å². The highest BCUT2D eigenvalue weighted by atomic mass is 32.1. The molecule has 0 bridgehead atoms. The second-order valence-corrected chi connectivity index (χ2v) is 6.50. The Morgan fingerprint density at radius 1 is 1.12 bits per heavy atom. The van der Waals surface area contributed by atoms with Crippen LogP contribution in [0.3, 0.4) is 0 Å². The SMILES string of the molecule is CC(=O)CNC(=O)Cc1nc2ccc(-c3cc(F)cc(F)c3)nc2s1. The minimum atomic E-state index is -0.677. The van der Waals surface area contributed by atoms with Crippen LogP contribution in [-0.4, -0.2) is 28.2 Å². The average Bonchev–Trinajstić information content (AvgIpc) is 2.93. The van der Waals surface area contributed by atoms with Crippen molar-refractivity contribution >= 4 is 33.4 Å². The van der Waals surface area contributed by atoms with E-state index < -0.39 is 11.6 Å². The van der Waals surface area contributed by atoms with E-state index in [2.05, 4.69) is 15.3 Å². The molecule has 5 nitrogen and oxygen atoms in total. The van der Waals surface area contributed by atoms with E-state index in [-0.39, 0.29) is 24.7 Å². The van der Waals surface area contributed by atoms with Gasteiger partial charge in [-0.1, -0.05) is 11.3 Å². The monoisotopic (exact) mass is 361 g/mol. The minimum Gasteiger partial charge on any atom is -0.349 e. The van der Waals surface area contributed by atoms with E-state index in [0.717, 1.165) is 6.07 Å². The number of pyridine rings is 1. The van der Waals surface area contributed by atoms with Gasteiger partial charge in [-0.25, -0.2) is 18.7 Å². The molecule has 1 aromatic carbocycles. The second kappa shape index (κ2) is 7.02. The molecular formula is C17H13F2N3O2S. The highest BCUT2D eigenvalue weighted by Crippen LogP contribution is 2.26. The van der Waals surface area contributed by atoms with Gasteiger partial charge in [-0.3, -0.25) is 9.59 Å². The van der Waals surface area contributed by atoms with Crippen LogP contribution in [0.5, 0.6) is 0 Å². The molecule has 2 aromatic heterocycles. The molecular weight excluding hydrogens is 348 g/mol. The van der Waals surface area contributed by atoms with Crippen LogP contribution >= 0.6 is 11.3 Å². The van der Waals surface area contributed by atoms with E-state index in [1.165, 1.54) is 30.4 Å². The standard InChI is InChI=1S/C17H13F2N3O2S/c1-9(23)8-20-15(24)7-16-21-14-3-2-13(22-17(14)25-16)10-4-11(18)6-12(19)5-10/h2-6H,7-8H2,1H3,(H,20,24). The lowest BCUT2D eigenvalue weighted by molar-refractivity contribution is -0.124. The average molecular weight is 361 g/mol. The van der Waals surface area contributed by atoms with E-state index >= 15 is 0 Å². The van der Waals surface area contributed by atoms with Crippen molar-refractivity contribution in [1.29, 1.82) is 0 Å². The first-order chi connectivity index (χ1) is 11.9. The number of ketones is 1. The van der Waals surface area contributed by atoms with Crippen LogP contribution in [0.15, 0.2) is 30.3 Å². The van der Waals surface area contributed by atoms with E-state index in [4.69, 9.17) is 0 Å². The topological polar surface area (TPSA) is 72.0 Å². The normalized spacial score (nSPS) is 10.8. The Labute approximate surface area is 145 Å². The van der Waals surface area contributed by atoms with Gasteiger partial charge in [0.2, 0.25) is 5.91 Å². The Morgan fingerprint density at radius 2 is 1.84 bits per heavy atom. The summed E-state index contributed by atoms with van der Waals surface area (Å²) in [4.78, 5) is 31.9. The number of aromatic nitrogens is 2. The van der Waals surface area contributed by atoms with E-state index in [1.807, 2.05) is 0 Å². The highest BCUT2D eigenvalue weighted by Gasteiger charge is 2.12. The van der Waals surface area contributed by atoms with Crippen LogP contribution in [0.2, 0.25) is 0 Å². The van der Waals surface area contributed by atoms with Gasteiger partial charge in [0.1, 0.15) is 32.8 Å². The van der Waals surface area contributed by atoms with E-state index in [0.29, 0.717) is 26.6 Å². The summed E-state index contributed by atoms with van der Waals surface area (Å²) in [5.74, 6) is -1.79. The Hall–Kier alpha value is -2.74. The molecule has 3 rings (SSSR count). The molecule has 8 heteroatoms. The van der Waals surface area contributed by atoms with Crippen molar-refractivity contribution in [3.8, 4) is 11.3 Å². The number of halogens is 2. The summed E-state index contributed by atoms with van der Waals surface area (Å²) in [6, 6.07) is 6.51. The summed E-state index contributed by atoms with van der Waals surface area (Å²) in [5, 5.41) is 3.05. The van der Waals surface area contributed by atoms with Gasteiger partial charge < -0.3 is 5.32 Å². The van der Waals surface area contributed by atoms with E-state index in [1.54, 1.807) is 12.1 Å². The molecule has 0 saturated heterocycles. The number of hydrogen-bond acceptors (Lipinski definition) is 5. The fourth-order valence-corrected chi connectivity index (χ4v) is 3.16. The van der Waals surface area contributed by atoms with Gasteiger partial charge in [-0.05, 0) is 31.2 Å². The summed E-state index contributed by atoms with van der Waals surface area (Å²) < 4.78 is 26.7. The van der Waals surface area contributed by atoms with Gasteiger partial charge in [0, 0.05) is 11.6 Å². The number of amides is 1. The van der Waals surface area contributed by atoms with Crippen LogP contribution in [-0.2, 0) is 16.0 Å². The summed E-state index contributed by atoms with van der Waals surface area (Å²) in [7, 11) is 0. The van der Waals surface area contributed by atoms with Crippen molar-refractivity contribution in [2.24, 2.45) is 0 Å². The predicted molar refractivity (Wildman–Crippen MR) is 90.2 cm³/mol. The maximum absolute atomic E-state index is 13.4. The maximum Gasteiger partial charge on any atom is 0.227 e. The van der Waals surface area contributed by atoms with Crippen LogP contribution in [0, 0.1) is 11.6 Å². The molecule has 25 heavy (non-hydrogen) atoms. The quantitative estimate of drug-likeness (QED) is 0.758. The molecule has 0 aliphatic carbocycles. The van der Waals surface area contributed by atoms with Crippen molar-refractivity contribution in [3.63, 3.8) is 0 Å². The zero-order valence-electron chi connectivity index (χ0n) is 13.2. The zero-order chi connectivity index (χ0) is 18.0. The lowest BCUT2D eigenvalue weighted by Gasteiger charge is -2.01. The first kappa shape index (κ1) is 17.1. The molecule has 0 atom stereocenters. The van der Waals surface area contributed by atoms with Gasteiger partial charge in [-0.15, -0.1) is 0 Å². The molecule has 128 valence electrons. The number of rotatable bonds is 5. The van der Waals surface area contributed by atoms with Crippen molar-refractivity contribution in [2.45, 2.75) is 13.3 Å². The molecule has 0 aliphatic heterocycles. The van der Waals surface area contributed by atoms with Crippen LogP contribution in [0.4, 0.5) is 8.78 Å². The fraction of sp³-hybridized carbons (Fsp3) is 0.176. The summed E-state index contributed by atoms with van der Waals surface area (Å²) >= 11 is 1.22. The third kappa shape index (κ3) is 4.21. The van der Waals surface area contributed by atoms with Crippen molar-refractivity contribution in [3.05, 3.63) is 47.0 Å². The Bertz CT molecular complexity index is 951. The molecule has 0 saturated carbocycles. The summed E-state index contributed by atoms with van der Waals surface area (Å²) in [5.41, 5.74) is 1.34. The van der Waals surface area contributed by atoms with Crippen molar-refractivity contribution < 1.29 is 18.4 Å². The van der Waals surface area contributed by atoms with Gasteiger partial charge in [-0.2, -0.15) is 0 Å². The smallest absolute Gasteiger partial charge is 0.227 e. The van der Waals surface area contributed by atoms with Crippen LogP contribution < -0.4 is 5.32 Å². The third-order valence-electron chi connectivity index (χ3n) is 3.30. The molecule has 3 aromatic rings. The first-order valence-electron chi connectivity index (χ1n) is 7.40. The highest BCUT2D eigenvalue weighted by molar-refractivity contribution is 7.18. The minimum absolute atomic E-state index is 0.0166. The molecule has 2 heterocycles. The maximum atomic E-state index is 13.4. The predicted octanol–water partition coefficient (Wildman–Crippen LogP) is 2.88. The van der Waals surface area contributed by atoms with Crippen LogP contribution in [0.1, 0.15) is 11.9 Å². The Kier molecular flexibility index (Phi) is 4.80. The van der Waals surface area contributed by atoms with Gasteiger partial charge in [0.25, 0.3) is 0 Å². The number of fused-ring (bicyclic) bond motifs is 1. The number of Topliss-reactive ketones (excluding diaryl/α,β-unsaturated/α-hetero) is 1. The molecule has 1 N–H and O–H groups in total. The molecule has 0 aliphatic rings. The van der Waals surface area contributed by atoms with Crippen molar-refractivity contribution in [2.75, 3.05) is 6.54 Å². The fourth-order valence-electron chi connectivity index (χ4n) is 2.22. The molecule has 0 unspecified atom stereocenters.